The van der Waals surface area contributed by atoms with Gasteiger partial charge in [-0.3, -0.25) is 4.79 Å². The Bertz CT molecular complexity index is 1100. The van der Waals surface area contributed by atoms with Crippen LogP contribution in [0.2, 0.25) is 5.02 Å². The Morgan fingerprint density at radius 3 is 2.44 bits per heavy atom. The molecule has 0 unspecified atom stereocenters. The molecule has 3 nitrogen and oxygen atoms in total. The average Bonchev–Trinajstić information content (AvgIpc) is 3.06. The lowest BCUT2D eigenvalue weighted by Gasteiger charge is -2.09. The van der Waals surface area contributed by atoms with Crippen LogP contribution in [0.25, 0.3) is 10.9 Å². The Morgan fingerprint density at radius 2 is 1.74 bits per heavy atom. The van der Waals surface area contributed by atoms with E-state index in [9.17, 15) is 4.79 Å². The largest absolute Gasteiger partial charge is 0.353 e. The quantitative estimate of drug-likeness (QED) is 0.399. The topological polar surface area (TPSA) is 44.9 Å². The lowest BCUT2D eigenvalue weighted by molar-refractivity contribution is 0.103. The zero-order valence-electron chi connectivity index (χ0n) is 14.9. The van der Waals surface area contributed by atoms with Crippen LogP contribution < -0.4 is 5.32 Å². The molecule has 0 aliphatic heterocycles. The molecule has 27 heavy (non-hydrogen) atoms. The van der Waals surface area contributed by atoms with Crippen LogP contribution in [-0.2, 0) is 6.42 Å². The molecule has 0 atom stereocenters. The van der Waals surface area contributed by atoms with Crippen LogP contribution in [0.15, 0.2) is 72.8 Å². The molecule has 134 valence electrons. The highest BCUT2D eigenvalue weighted by atomic mass is 35.5. The van der Waals surface area contributed by atoms with Crippen molar-refractivity contribution in [2.75, 3.05) is 5.32 Å². The number of aromatic amines is 1. The molecular formula is C23H19ClN2O. The first kappa shape index (κ1) is 17.4. The second kappa shape index (κ2) is 7.29. The van der Waals surface area contributed by atoms with Gasteiger partial charge >= 0.3 is 0 Å². The van der Waals surface area contributed by atoms with Crippen LogP contribution in [0, 0.1) is 0 Å². The van der Waals surface area contributed by atoms with E-state index in [2.05, 4.69) is 29.4 Å². The fourth-order valence-corrected chi connectivity index (χ4v) is 3.34. The van der Waals surface area contributed by atoms with Gasteiger partial charge in [0.2, 0.25) is 5.78 Å². The van der Waals surface area contributed by atoms with E-state index in [1.54, 1.807) is 0 Å². The van der Waals surface area contributed by atoms with Gasteiger partial charge in [0.15, 0.2) is 0 Å². The summed E-state index contributed by atoms with van der Waals surface area (Å²) in [6.45, 7) is 2.13. The third-order valence-corrected chi connectivity index (χ3v) is 4.89. The first-order valence-electron chi connectivity index (χ1n) is 8.92. The zero-order valence-corrected chi connectivity index (χ0v) is 15.7. The van der Waals surface area contributed by atoms with Crippen molar-refractivity contribution in [1.82, 2.24) is 4.98 Å². The summed E-state index contributed by atoms with van der Waals surface area (Å²) >= 11 is 6.15. The van der Waals surface area contributed by atoms with E-state index in [-0.39, 0.29) is 5.78 Å². The fraction of sp³-hybridized carbons (Fsp3) is 0.0870. The molecule has 0 saturated carbocycles. The maximum Gasteiger partial charge on any atom is 0.211 e. The molecule has 4 rings (SSSR count). The number of carbonyl (C=O) groups excluding carboxylic acids is 1. The second-order valence-corrected chi connectivity index (χ2v) is 6.87. The summed E-state index contributed by atoms with van der Waals surface area (Å²) in [6.07, 6.45) is 0.990. The minimum Gasteiger partial charge on any atom is -0.353 e. The number of nitrogens with one attached hydrogen (secondary N) is 2. The molecular weight excluding hydrogens is 356 g/mol. The summed E-state index contributed by atoms with van der Waals surface area (Å²) in [6, 6.07) is 23.1. The highest BCUT2D eigenvalue weighted by molar-refractivity contribution is 6.31. The van der Waals surface area contributed by atoms with E-state index >= 15 is 0 Å². The molecule has 3 aromatic carbocycles. The summed E-state index contributed by atoms with van der Waals surface area (Å²) in [4.78, 5) is 16.4. The predicted molar refractivity (Wildman–Crippen MR) is 112 cm³/mol. The Morgan fingerprint density at radius 1 is 1.00 bits per heavy atom. The Labute approximate surface area is 163 Å². The number of aromatic nitrogens is 1. The molecule has 0 amide bonds. The Hall–Kier alpha value is -3.04. The summed E-state index contributed by atoms with van der Waals surface area (Å²) in [7, 11) is 0. The lowest BCUT2D eigenvalue weighted by Crippen LogP contribution is -2.05. The maximum absolute atomic E-state index is 13.1. The van der Waals surface area contributed by atoms with Crippen molar-refractivity contribution in [1.29, 1.82) is 0 Å². The van der Waals surface area contributed by atoms with Crippen molar-refractivity contribution in [2.45, 2.75) is 13.3 Å². The third-order valence-electron chi connectivity index (χ3n) is 4.66. The first-order valence-corrected chi connectivity index (χ1v) is 9.30. The molecule has 0 aliphatic rings. The minimum atomic E-state index is -0.0596. The maximum atomic E-state index is 13.1. The normalized spacial score (nSPS) is 10.9. The number of anilines is 2. The van der Waals surface area contributed by atoms with Gasteiger partial charge in [0.05, 0.1) is 5.69 Å². The summed E-state index contributed by atoms with van der Waals surface area (Å²) < 4.78 is 0. The van der Waals surface area contributed by atoms with E-state index in [1.165, 1.54) is 5.56 Å². The predicted octanol–water partition coefficient (Wildman–Crippen LogP) is 6.36. The van der Waals surface area contributed by atoms with E-state index in [0.29, 0.717) is 16.3 Å². The third kappa shape index (κ3) is 3.46. The van der Waals surface area contributed by atoms with Gasteiger partial charge < -0.3 is 10.3 Å². The van der Waals surface area contributed by atoms with Gasteiger partial charge in [-0.05, 0) is 42.3 Å². The minimum absolute atomic E-state index is 0.0596. The monoisotopic (exact) mass is 374 g/mol. The highest BCUT2D eigenvalue weighted by Crippen LogP contribution is 2.33. The van der Waals surface area contributed by atoms with E-state index in [4.69, 9.17) is 11.6 Å². The van der Waals surface area contributed by atoms with Crippen LogP contribution in [-0.4, -0.2) is 10.8 Å². The molecule has 2 N–H and O–H groups in total. The van der Waals surface area contributed by atoms with Gasteiger partial charge in [0.1, 0.15) is 5.69 Å². The van der Waals surface area contributed by atoms with Crippen molar-refractivity contribution in [3.63, 3.8) is 0 Å². The van der Waals surface area contributed by atoms with Gasteiger partial charge in [0.25, 0.3) is 0 Å². The van der Waals surface area contributed by atoms with Crippen molar-refractivity contribution < 1.29 is 4.79 Å². The molecule has 1 heterocycles. The van der Waals surface area contributed by atoms with Crippen LogP contribution in [0.3, 0.4) is 0 Å². The molecule has 0 saturated heterocycles. The van der Waals surface area contributed by atoms with Gasteiger partial charge in [-0.25, -0.2) is 0 Å². The number of benzene rings is 3. The summed E-state index contributed by atoms with van der Waals surface area (Å²) in [5.41, 5.74) is 4.96. The fourth-order valence-electron chi connectivity index (χ4n) is 3.17. The molecule has 0 bridgehead atoms. The van der Waals surface area contributed by atoms with Crippen LogP contribution in [0.4, 0.5) is 11.4 Å². The lowest BCUT2D eigenvalue weighted by atomic mass is 10.1. The summed E-state index contributed by atoms with van der Waals surface area (Å²) in [5.74, 6) is -0.0596. The Balaban J connectivity index is 1.82. The standard InChI is InChI=1S/C23H19ClN2O/c1-2-15-8-11-18(12-9-15)25-21-19-13-10-17(24)14-20(19)26-22(21)23(27)16-6-4-3-5-7-16/h3-14,25-26H,2H2,1H3. The molecule has 1 aromatic heterocycles. The number of ketones is 1. The van der Waals surface area contributed by atoms with Gasteiger partial charge in [0, 0.05) is 27.2 Å². The molecule has 4 heteroatoms. The number of halogens is 1. The van der Waals surface area contributed by atoms with Crippen molar-refractivity contribution in [3.8, 4) is 0 Å². The number of carbonyl (C=O) groups is 1. The average molecular weight is 375 g/mol. The van der Waals surface area contributed by atoms with Gasteiger partial charge in [-0.15, -0.1) is 0 Å². The molecule has 0 radical (unpaired) electrons. The SMILES string of the molecule is CCc1ccc(Nc2c(C(=O)c3ccccc3)[nH]c3cc(Cl)ccc23)cc1. The van der Waals surface area contributed by atoms with Crippen LogP contribution >= 0.6 is 11.6 Å². The number of H-pyrrole nitrogens is 1. The number of hydrogen-bond donors (Lipinski definition) is 2. The molecule has 0 spiro atoms. The van der Waals surface area contributed by atoms with Gasteiger partial charge in [-0.2, -0.15) is 0 Å². The Kier molecular flexibility index (Phi) is 4.69. The van der Waals surface area contributed by atoms with Crippen molar-refractivity contribution in [2.24, 2.45) is 0 Å². The van der Waals surface area contributed by atoms with E-state index < -0.39 is 0 Å². The van der Waals surface area contributed by atoms with E-state index in [0.717, 1.165) is 28.7 Å². The van der Waals surface area contributed by atoms with Crippen molar-refractivity contribution in [3.05, 3.63) is 94.6 Å². The number of fused-ring (bicyclic) bond motifs is 1. The van der Waals surface area contributed by atoms with Crippen LogP contribution in [0.1, 0.15) is 28.5 Å². The summed E-state index contributed by atoms with van der Waals surface area (Å²) in [5, 5.41) is 4.98. The smallest absolute Gasteiger partial charge is 0.211 e. The van der Waals surface area contributed by atoms with Gasteiger partial charge in [-0.1, -0.05) is 61.0 Å². The highest BCUT2D eigenvalue weighted by Gasteiger charge is 2.19. The first-order chi connectivity index (χ1) is 13.2. The molecule has 0 fully saturated rings. The molecule has 4 aromatic rings. The molecule has 0 aliphatic carbocycles. The van der Waals surface area contributed by atoms with Crippen LogP contribution in [0.5, 0.6) is 0 Å². The van der Waals surface area contributed by atoms with Crippen molar-refractivity contribution >= 4 is 39.7 Å². The number of hydrogen-bond acceptors (Lipinski definition) is 2. The van der Waals surface area contributed by atoms with E-state index in [1.807, 2.05) is 60.7 Å². The number of rotatable bonds is 5. The zero-order chi connectivity index (χ0) is 18.8. The second-order valence-electron chi connectivity index (χ2n) is 6.44. The number of aryl methyl sites for hydroxylation is 1.